The molecule has 0 bridgehead atoms. The van der Waals surface area contributed by atoms with Crippen molar-refractivity contribution in [3.8, 4) is 0 Å². The Balaban J connectivity index is 2.81. The molecule has 1 N–H and O–H groups in total. The smallest absolute Gasteiger partial charge is 0.312 e. The van der Waals surface area contributed by atoms with Crippen LogP contribution < -0.4 is 4.72 Å². The molecule has 0 amide bonds. The first-order chi connectivity index (χ1) is 8.20. The van der Waals surface area contributed by atoms with Gasteiger partial charge in [-0.25, -0.2) is 13.1 Å². The van der Waals surface area contributed by atoms with Crippen molar-refractivity contribution in [1.29, 1.82) is 0 Å². The van der Waals surface area contributed by atoms with E-state index in [1.165, 1.54) is 7.11 Å². The molecule has 0 saturated carbocycles. The lowest BCUT2D eigenvalue weighted by Crippen LogP contribution is -2.39. The number of thiophene rings is 1. The van der Waals surface area contributed by atoms with E-state index < -0.39 is 21.4 Å². The number of nitrogens with one attached hydrogen (secondary N) is 1. The maximum atomic E-state index is 12.0. The molecule has 18 heavy (non-hydrogen) atoms. The van der Waals surface area contributed by atoms with Crippen LogP contribution in [-0.4, -0.2) is 28.0 Å². The number of carbonyl (C=O) groups is 1. The predicted molar refractivity (Wildman–Crippen MR) is 73.0 cm³/mol. The van der Waals surface area contributed by atoms with Gasteiger partial charge in [0.1, 0.15) is 4.21 Å². The van der Waals surface area contributed by atoms with Gasteiger partial charge in [0, 0.05) is 11.0 Å². The minimum absolute atomic E-state index is 0.0215. The van der Waals surface area contributed by atoms with Crippen LogP contribution in [0.4, 0.5) is 0 Å². The average molecular weight is 356 g/mol. The molecule has 0 aromatic carbocycles. The fraction of sp³-hybridized carbons (Fsp3) is 0.500. The molecule has 0 fully saturated rings. The van der Waals surface area contributed by atoms with Gasteiger partial charge in [-0.1, -0.05) is 0 Å². The van der Waals surface area contributed by atoms with E-state index in [-0.39, 0.29) is 10.8 Å². The Bertz CT molecular complexity index is 536. The zero-order valence-corrected chi connectivity index (χ0v) is 13.4. The lowest BCUT2D eigenvalue weighted by molar-refractivity contribution is -0.150. The van der Waals surface area contributed by atoms with Crippen LogP contribution in [0.2, 0.25) is 0 Å². The second-order valence-corrected chi connectivity index (χ2v) is 7.99. The molecule has 0 spiro atoms. The minimum atomic E-state index is -3.61. The summed E-state index contributed by atoms with van der Waals surface area (Å²) in [6.45, 7) is 3.21. The highest BCUT2D eigenvalue weighted by Crippen LogP contribution is 2.28. The summed E-state index contributed by atoms with van der Waals surface area (Å²) in [6.07, 6.45) is 0. The van der Waals surface area contributed by atoms with Crippen molar-refractivity contribution < 1.29 is 17.9 Å². The summed E-state index contributed by atoms with van der Waals surface area (Å²) in [5, 5.41) is 1.67. The van der Waals surface area contributed by atoms with Crippen molar-refractivity contribution in [2.45, 2.75) is 18.1 Å². The molecule has 102 valence electrons. The first kappa shape index (κ1) is 15.6. The van der Waals surface area contributed by atoms with Crippen LogP contribution in [-0.2, 0) is 19.6 Å². The minimum Gasteiger partial charge on any atom is -0.469 e. The fourth-order valence-corrected chi connectivity index (χ4v) is 4.75. The van der Waals surface area contributed by atoms with E-state index in [1.54, 1.807) is 25.3 Å². The molecule has 0 saturated heterocycles. The van der Waals surface area contributed by atoms with Gasteiger partial charge in [0.15, 0.2) is 0 Å². The quantitative estimate of drug-likeness (QED) is 0.819. The van der Waals surface area contributed by atoms with Gasteiger partial charge < -0.3 is 4.74 Å². The molecule has 0 aliphatic heterocycles. The molecule has 1 rings (SSSR count). The van der Waals surface area contributed by atoms with E-state index in [0.29, 0.717) is 4.47 Å². The third-order valence-corrected chi connectivity index (χ3v) is 6.34. The largest absolute Gasteiger partial charge is 0.469 e. The molecule has 0 unspecified atom stereocenters. The van der Waals surface area contributed by atoms with Crippen LogP contribution in [0, 0.1) is 5.41 Å². The number of hydrogen-bond acceptors (Lipinski definition) is 5. The summed E-state index contributed by atoms with van der Waals surface area (Å²) in [6, 6.07) is 1.66. The van der Waals surface area contributed by atoms with Crippen molar-refractivity contribution in [3.63, 3.8) is 0 Å². The normalized spacial score (nSPS) is 12.4. The second kappa shape index (κ2) is 5.68. The molecule has 1 heterocycles. The molecule has 8 heteroatoms. The third-order valence-electron chi connectivity index (χ3n) is 2.27. The monoisotopic (exact) mass is 355 g/mol. The van der Waals surface area contributed by atoms with E-state index in [9.17, 15) is 13.2 Å². The summed E-state index contributed by atoms with van der Waals surface area (Å²) in [5.74, 6) is -0.463. The number of carbonyl (C=O) groups excluding carboxylic acids is 1. The molecule has 1 aromatic heterocycles. The molecule has 5 nitrogen and oxygen atoms in total. The fourth-order valence-electron chi connectivity index (χ4n) is 1.16. The summed E-state index contributed by atoms with van der Waals surface area (Å²) < 4.78 is 31.7. The number of ether oxygens (including phenoxy) is 1. The van der Waals surface area contributed by atoms with Crippen molar-refractivity contribution >= 4 is 43.3 Å². The highest BCUT2D eigenvalue weighted by atomic mass is 79.9. The van der Waals surface area contributed by atoms with Gasteiger partial charge in [0.05, 0.1) is 12.5 Å². The highest BCUT2D eigenvalue weighted by molar-refractivity contribution is 9.10. The Morgan fingerprint density at radius 2 is 2.17 bits per heavy atom. The van der Waals surface area contributed by atoms with Crippen LogP contribution in [0.1, 0.15) is 13.8 Å². The first-order valence-corrected chi connectivity index (χ1v) is 8.17. The number of halogens is 1. The summed E-state index contributed by atoms with van der Waals surface area (Å²) in [7, 11) is -2.34. The van der Waals surface area contributed by atoms with Gasteiger partial charge in [-0.15, -0.1) is 11.3 Å². The van der Waals surface area contributed by atoms with E-state index in [1.807, 2.05) is 0 Å². The van der Waals surface area contributed by atoms with Crippen LogP contribution in [0.15, 0.2) is 20.1 Å². The zero-order valence-electron chi connectivity index (χ0n) is 10.2. The average Bonchev–Trinajstić information content (AvgIpc) is 2.73. The van der Waals surface area contributed by atoms with Gasteiger partial charge in [0.25, 0.3) is 10.0 Å². The molecule has 0 aliphatic carbocycles. The van der Waals surface area contributed by atoms with E-state index >= 15 is 0 Å². The Hall–Kier alpha value is -0.440. The van der Waals surface area contributed by atoms with Gasteiger partial charge >= 0.3 is 5.97 Å². The van der Waals surface area contributed by atoms with E-state index in [2.05, 4.69) is 25.4 Å². The Kier molecular flexibility index (Phi) is 4.93. The summed E-state index contributed by atoms with van der Waals surface area (Å²) in [4.78, 5) is 11.4. The lowest BCUT2D eigenvalue weighted by atomic mass is 9.94. The zero-order chi connectivity index (χ0) is 14.0. The number of sulfonamides is 1. The first-order valence-electron chi connectivity index (χ1n) is 5.02. The SMILES string of the molecule is COC(=O)C(C)(C)CNS(=O)(=O)c1sccc1Br. The van der Waals surface area contributed by atoms with Crippen LogP contribution >= 0.6 is 27.3 Å². The maximum absolute atomic E-state index is 12.0. The van der Waals surface area contributed by atoms with Crippen LogP contribution in [0.5, 0.6) is 0 Å². The van der Waals surface area contributed by atoms with Crippen molar-refractivity contribution in [2.75, 3.05) is 13.7 Å². The van der Waals surface area contributed by atoms with Gasteiger partial charge in [-0.2, -0.15) is 0 Å². The van der Waals surface area contributed by atoms with Gasteiger partial charge in [-0.05, 0) is 41.2 Å². The lowest BCUT2D eigenvalue weighted by Gasteiger charge is -2.21. The molecule has 0 atom stereocenters. The summed E-state index contributed by atoms with van der Waals surface area (Å²) in [5.41, 5.74) is -0.911. The number of methoxy groups -OCH3 is 1. The number of hydrogen-bond donors (Lipinski definition) is 1. The van der Waals surface area contributed by atoms with Crippen molar-refractivity contribution in [2.24, 2.45) is 5.41 Å². The Labute approximate surface area is 119 Å². The second-order valence-electron chi connectivity index (χ2n) is 4.26. The standard InChI is InChI=1S/C10H14BrNO4S2/c1-10(2,9(13)16-3)6-12-18(14,15)8-7(11)4-5-17-8/h4-5,12H,6H2,1-3H3. The Morgan fingerprint density at radius 1 is 1.56 bits per heavy atom. The molecule has 0 radical (unpaired) electrons. The van der Waals surface area contributed by atoms with Crippen molar-refractivity contribution in [1.82, 2.24) is 4.72 Å². The van der Waals surface area contributed by atoms with Crippen LogP contribution in [0.3, 0.4) is 0 Å². The maximum Gasteiger partial charge on any atom is 0.312 e. The number of rotatable bonds is 5. The third kappa shape index (κ3) is 3.53. The Morgan fingerprint density at radius 3 is 2.61 bits per heavy atom. The van der Waals surface area contributed by atoms with Crippen LogP contribution in [0.25, 0.3) is 0 Å². The van der Waals surface area contributed by atoms with Crippen molar-refractivity contribution in [3.05, 3.63) is 15.9 Å². The summed E-state index contributed by atoms with van der Waals surface area (Å²) >= 11 is 4.27. The molecule has 0 aliphatic rings. The van der Waals surface area contributed by atoms with E-state index in [0.717, 1.165) is 11.3 Å². The topological polar surface area (TPSA) is 72.5 Å². The number of esters is 1. The van der Waals surface area contributed by atoms with E-state index in [4.69, 9.17) is 0 Å². The predicted octanol–water partition coefficient (Wildman–Crippen LogP) is 1.99. The molecular weight excluding hydrogens is 342 g/mol. The highest BCUT2D eigenvalue weighted by Gasteiger charge is 2.31. The van der Waals surface area contributed by atoms with Gasteiger partial charge in [0.2, 0.25) is 0 Å². The molecule has 1 aromatic rings. The molecular formula is C10H14BrNO4S2. The van der Waals surface area contributed by atoms with Gasteiger partial charge in [-0.3, -0.25) is 4.79 Å².